The molecule has 12 N–H and O–H groups in total. The van der Waals surface area contributed by atoms with Crippen LogP contribution < -0.4 is 33.2 Å². The average molecular weight is 461 g/mol. The van der Waals surface area contributed by atoms with Crippen LogP contribution in [0.3, 0.4) is 0 Å². The van der Waals surface area contributed by atoms with Crippen molar-refractivity contribution in [2.24, 2.45) is 22.2 Å². The summed E-state index contributed by atoms with van der Waals surface area (Å²) in [6.07, 6.45) is -1.65. The summed E-state index contributed by atoms with van der Waals surface area (Å²) in [5, 5.41) is 34.0. The van der Waals surface area contributed by atoms with Crippen LogP contribution in [-0.4, -0.2) is 88.3 Å². The molecule has 0 aliphatic carbocycles. The zero-order valence-electron chi connectivity index (χ0n) is 17.6. The second-order valence-electron chi connectivity index (χ2n) is 6.89. The third-order valence-corrected chi connectivity index (χ3v) is 4.07. The van der Waals surface area contributed by atoms with Crippen molar-refractivity contribution in [3.05, 3.63) is 0 Å². The van der Waals surface area contributed by atoms with Crippen molar-refractivity contribution in [2.75, 3.05) is 13.1 Å². The summed E-state index contributed by atoms with van der Waals surface area (Å²) in [6, 6.07) is -4.01. The number of guanidine groups is 1. The van der Waals surface area contributed by atoms with Crippen molar-refractivity contribution in [3.8, 4) is 0 Å². The molecule has 32 heavy (non-hydrogen) atoms. The van der Waals surface area contributed by atoms with Gasteiger partial charge < -0.3 is 48.5 Å². The average Bonchev–Trinajstić information content (AvgIpc) is 2.69. The fraction of sp³-hybridized carbons (Fsp3) is 0.647. The second kappa shape index (κ2) is 14.5. The maximum atomic E-state index is 12.3. The number of amides is 3. The predicted octanol–water partition coefficient (Wildman–Crippen LogP) is -4.22. The first-order chi connectivity index (χ1) is 14.8. The molecule has 0 bridgehead atoms. The summed E-state index contributed by atoms with van der Waals surface area (Å²) >= 11 is 0. The number of hydrogen-bond acceptors (Lipinski definition) is 8. The number of aliphatic hydroxyl groups is 1. The zero-order valence-corrected chi connectivity index (χ0v) is 17.6. The molecule has 0 aliphatic rings. The van der Waals surface area contributed by atoms with Crippen LogP contribution in [0.15, 0.2) is 4.99 Å². The molecule has 0 aromatic carbocycles. The lowest BCUT2D eigenvalue weighted by Crippen LogP contribution is -2.57. The van der Waals surface area contributed by atoms with Crippen LogP contribution in [0.25, 0.3) is 0 Å². The Morgan fingerprint density at radius 3 is 2.12 bits per heavy atom. The number of carbonyl (C=O) groups is 5. The number of aliphatic imine (C=N–C) groups is 1. The van der Waals surface area contributed by atoms with Gasteiger partial charge in [-0.1, -0.05) is 0 Å². The lowest BCUT2D eigenvalue weighted by Gasteiger charge is -2.23. The number of nitrogens with one attached hydrogen (secondary N) is 3. The van der Waals surface area contributed by atoms with Gasteiger partial charge in [0.25, 0.3) is 0 Å². The highest BCUT2D eigenvalue weighted by Gasteiger charge is 2.30. The Labute approximate surface area is 183 Å². The molecule has 0 aromatic heterocycles. The van der Waals surface area contributed by atoms with E-state index in [4.69, 9.17) is 27.4 Å². The van der Waals surface area contributed by atoms with Gasteiger partial charge in [-0.15, -0.1) is 0 Å². The van der Waals surface area contributed by atoms with Crippen molar-refractivity contribution in [1.29, 1.82) is 0 Å². The molecule has 0 saturated heterocycles. The van der Waals surface area contributed by atoms with E-state index in [1.807, 2.05) is 0 Å². The van der Waals surface area contributed by atoms with Crippen molar-refractivity contribution in [3.63, 3.8) is 0 Å². The highest BCUT2D eigenvalue weighted by atomic mass is 16.4. The van der Waals surface area contributed by atoms with E-state index in [1.165, 1.54) is 6.92 Å². The number of nitrogens with zero attached hydrogens (tertiary/aromatic N) is 1. The standard InChI is InChI=1S/C17H31N7O8/c1-8(25)13(15(30)23-10(16(31)32)4-5-12(27)28)24-11(26)7-22-14(29)9(18)3-2-6-21-17(19)20/h8-10,13,25H,2-7,18H2,1H3,(H,22,29)(H,23,30)(H,24,26)(H,27,28)(H,31,32)(H4,19,20,21). The van der Waals surface area contributed by atoms with Crippen LogP contribution in [0.1, 0.15) is 32.6 Å². The molecule has 0 spiro atoms. The molecule has 0 saturated carbocycles. The molecule has 0 fully saturated rings. The summed E-state index contributed by atoms with van der Waals surface area (Å²) in [7, 11) is 0. The first-order valence-corrected chi connectivity index (χ1v) is 9.66. The number of aliphatic carboxylic acids is 2. The Bertz CT molecular complexity index is 709. The largest absolute Gasteiger partial charge is 0.481 e. The Balaban J connectivity index is 4.70. The summed E-state index contributed by atoms with van der Waals surface area (Å²) in [4.78, 5) is 61.8. The number of nitrogens with two attached hydrogens (primary N) is 3. The van der Waals surface area contributed by atoms with E-state index in [1.54, 1.807) is 0 Å². The van der Waals surface area contributed by atoms with Gasteiger partial charge in [0.1, 0.15) is 12.1 Å². The zero-order chi connectivity index (χ0) is 24.8. The molecule has 0 rings (SSSR count). The van der Waals surface area contributed by atoms with Gasteiger partial charge in [-0.3, -0.25) is 24.2 Å². The van der Waals surface area contributed by atoms with Gasteiger partial charge in [-0.25, -0.2) is 4.79 Å². The molecule has 15 nitrogen and oxygen atoms in total. The van der Waals surface area contributed by atoms with Gasteiger partial charge in [-0.05, 0) is 26.2 Å². The topological polar surface area (TPSA) is 273 Å². The van der Waals surface area contributed by atoms with Gasteiger partial charge in [0.2, 0.25) is 17.7 Å². The maximum absolute atomic E-state index is 12.3. The van der Waals surface area contributed by atoms with E-state index in [0.717, 1.165) is 0 Å². The van der Waals surface area contributed by atoms with E-state index in [-0.39, 0.29) is 18.9 Å². The van der Waals surface area contributed by atoms with Gasteiger partial charge in [0.15, 0.2) is 5.96 Å². The molecular weight excluding hydrogens is 430 g/mol. The number of carbonyl (C=O) groups excluding carboxylic acids is 3. The third kappa shape index (κ3) is 12.3. The van der Waals surface area contributed by atoms with Gasteiger partial charge in [0.05, 0.1) is 18.7 Å². The highest BCUT2D eigenvalue weighted by Crippen LogP contribution is 2.01. The van der Waals surface area contributed by atoms with E-state index >= 15 is 0 Å². The summed E-state index contributed by atoms with van der Waals surface area (Å²) in [5.74, 6) is -5.33. The quantitative estimate of drug-likeness (QED) is 0.0640. The molecule has 4 atom stereocenters. The van der Waals surface area contributed by atoms with E-state index in [9.17, 15) is 29.1 Å². The Morgan fingerprint density at radius 1 is 1.00 bits per heavy atom. The van der Waals surface area contributed by atoms with E-state index in [2.05, 4.69) is 20.9 Å². The third-order valence-electron chi connectivity index (χ3n) is 4.07. The van der Waals surface area contributed by atoms with Crippen molar-refractivity contribution in [2.45, 2.75) is 56.8 Å². The smallest absolute Gasteiger partial charge is 0.326 e. The van der Waals surface area contributed by atoms with Crippen LogP contribution in [0, 0.1) is 0 Å². The van der Waals surface area contributed by atoms with Gasteiger partial charge in [-0.2, -0.15) is 0 Å². The van der Waals surface area contributed by atoms with Crippen molar-refractivity contribution < 1.29 is 39.3 Å². The molecule has 0 heterocycles. The second-order valence-corrected chi connectivity index (χ2v) is 6.89. The van der Waals surface area contributed by atoms with Crippen LogP contribution >= 0.6 is 0 Å². The first-order valence-electron chi connectivity index (χ1n) is 9.66. The van der Waals surface area contributed by atoms with Crippen molar-refractivity contribution >= 4 is 35.6 Å². The van der Waals surface area contributed by atoms with E-state index in [0.29, 0.717) is 6.42 Å². The van der Waals surface area contributed by atoms with Gasteiger partial charge in [0, 0.05) is 13.0 Å². The number of carboxylic acids is 2. The first kappa shape index (κ1) is 28.5. The Kier molecular flexibility index (Phi) is 13.0. The normalized spacial score (nSPS) is 14.2. The van der Waals surface area contributed by atoms with Gasteiger partial charge >= 0.3 is 11.9 Å². The monoisotopic (exact) mass is 461 g/mol. The number of rotatable bonds is 15. The minimum absolute atomic E-state index is 0.0899. The minimum atomic E-state index is -1.54. The molecule has 15 heteroatoms. The number of carboxylic acid groups (broad SMARTS) is 2. The summed E-state index contributed by atoms with van der Waals surface area (Å²) < 4.78 is 0. The number of hydrogen-bond donors (Lipinski definition) is 9. The van der Waals surface area contributed by atoms with E-state index < -0.39 is 73.3 Å². The summed E-state index contributed by atoms with van der Waals surface area (Å²) in [5.41, 5.74) is 16.0. The molecule has 0 aromatic rings. The highest BCUT2D eigenvalue weighted by molar-refractivity contribution is 5.92. The molecule has 3 amide bonds. The van der Waals surface area contributed by atoms with Crippen LogP contribution in [-0.2, 0) is 24.0 Å². The fourth-order valence-corrected chi connectivity index (χ4v) is 2.37. The molecule has 182 valence electrons. The minimum Gasteiger partial charge on any atom is -0.481 e. The lowest BCUT2D eigenvalue weighted by molar-refractivity contribution is -0.144. The molecule has 0 aliphatic heterocycles. The Hall–Kier alpha value is -3.46. The van der Waals surface area contributed by atoms with Crippen LogP contribution in [0.5, 0.6) is 0 Å². The Morgan fingerprint density at radius 2 is 1.62 bits per heavy atom. The predicted molar refractivity (Wildman–Crippen MR) is 111 cm³/mol. The maximum Gasteiger partial charge on any atom is 0.326 e. The molecular formula is C17H31N7O8. The fourth-order valence-electron chi connectivity index (χ4n) is 2.37. The van der Waals surface area contributed by atoms with Crippen LogP contribution in [0.4, 0.5) is 0 Å². The number of aliphatic hydroxyl groups excluding tert-OH is 1. The summed E-state index contributed by atoms with van der Waals surface area (Å²) in [6.45, 7) is 0.902. The molecule has 0 radical (unpaired) electrons. The molecule has 4 unspecified atom stereocenters. The SMILES string of the molecule is CC(O)C(NC(=O)CNC(=O)C(N)CCCN=C(N)N)C(=O)NC(CCC(=O)O)C(=O)O. The van der Waals surface area contributed by atoms with Crippen LogP contribution in [0.2, 0.25) is 0 Å². The van der Waals surface area contributed by atoms with Crippen molar-refractivity contribution in [1.82, 2.24) is 16.0 Å². The lowest BCUT2D eigenvalue weighted by atomic mass is 10.1.